The van der Waals surface area contributed by atoms with Gasteiger partial charge < -0.3 is 10.1 Å². The molecule has 0 aliphatic heterocycles. The van der Waals surface area contributed by atoms with Crippen molar-refractivity contribution in [2.24, 2.45) is 0 Å². The zero-order chi connectivity index (χ0) is 15.2. The van der Waals surface area contributed by atoms with Crippen LogP contribution in [0.3, 0.4) is 0 Å². The lowest BCUT2D eigenvalue weighted by Crippen LogP contribution is -2.04. The minimum absolute atomic E-state index is 0.124. The predicted molar refractivity (Wildman–Crippen MR) is 82.8 cm³/mol. The molecule has 2 rings (SSSR count). The van der Waals surface area contributed by atoms with E-state index in [0.29, 0.717) is 24.4 Å². The van der Waals surface area contributed by atoms with Crippen molar-refractivity contribution in [3.05, 3.63) is 63.7 Å². The summed E-state index contributed by atoms with van der Waals surface area (Å²) >= 11 is 0. The lowest BCUT2D eigenvalue weighted by Gasteiger charge is -2.10. The summed E-state index contributed by atoms with van der Waals surface area (Å²) in [5.74, 6) is 0.801. The van der Waals surface area contributed by atoms with Gasteiger partial charge in [-0.05, 0) is 37.6 Å². The molecule has 0 amide bonds. The van der Waals surface area contributed by atoms with Crippen molar-refractivity contribution in [1.82, 2.24) is 0 Å². The Labute approximate surface area is 123 Å². The Morgan fingerprint density at radius 1 is 1.24 bits per heavy atom. The van der Waals surface area contributed by atoms with E-state index in [-0.39, 0.29) is 10.6 Å². The van der Waals surface area contributed by atoms with Gasteiger partial charge in [0.05, 0.1) is 11.5 Å². The molecule has 0 saturated heterocycles. The summed E-state index contributed by atoms with van der Waals surface area (Å²) in [4.78, 5) is 10.8. The molecule has 0 unspecified atom stereocenters. The Hall–Kier alpha value is -2.56. The van der Waals surface area contributed by atoms with Gasteiger partial charge in [-0.2, -0.15) is 0 Å². The number of nitrogens with zero attached hydrogens (tertiary/aromatic N) is 1. The maximum absolute atomic E-state index is 11.1. The monoisotopic (exact) mass is 286 g/mol. The van der Waals surface area contributed by atoms with Crippen molar-refractivity contribution in [3.63, 3.8) is 0 Å². The van der Waals surface area contributed by atoms with Gasteiger partial charge in [-0.3, -0.25) is 10.1 Å². The summed E-state index contributed by atoms with van der Waals surface area (Å²) in [6, 6.07) is 12.9. The van der Waals surface area contributed by atoms with Gasteiger partial charge in [-0.25, -0.2) is 0 Å². The van der Waals surface area contributed by atoms with E-state index < -0.39 is 0 Å². The number of aryl methyl sites for hydroxylation is 1. The molecule has 5 nitrogen and oxygen atoms in total. The average molecular weight is 286 g/mol. The molecular weight excluding hydrogens is 268 g/mol. The molecule has 0 fully saturated rings. The molecule has 0 bridgehead atoms. The Morgan fingerprint density at radius 3 is 2.71 bits per heavy atom. The van der Waals surface area contributed by atoms with Crippen LogP contribution in [0.5, 0.6) is 5.75 Å². The van der Waals surface area contributed by atoms with Crippen molar-refractivity contribution in [3.8, 4) is 5.75 Å². The number of rotatable bonds is 6. The van der Waals surface area contributed by atoms with Gasteiger partial charge in [0, 0.05) is 12.1 Å². The van der Waals surface area contributed by atoms with Crippen LogP contribution in [-0.2, 0) is 6.54 Å². The summed E-state index contributed by atoms with van der Waals surface area (Å²) in [6.07, 6.45) is 0. The van der Waals surface area contributed by atoms with Crippen LogP contribution in [0.1, 0.15) is 18.1 Å². The number of ether oxygens (including phenoxy) is 1. The van der Waals surface area contributed by atoms with E-state index in [4.69, 9.17) is 4.74 Å². The molecular formula is C16H18N2O3. The molecule has 1 N–H and O–H groups in total. The molecule has 0 atom stereocenters. The fourth-order valence-electron chi connectivity index (χ4n) is 2.15. The standard InChI is InChI=1S/C16H18N2O3/c1-3-21-14-8-5-7-13(10-14)11-17-15-9-4-6-12(2)16(15)18(19)20/h4-10,17H,3,11H2,1-2H3. The van der Waals surface area contributed by atoms with Crippen molar-refractivity contribution in [2.75, 3.05) is 11.9 Å². The lowest BCUT2D eigenvalue weighted by molar-refractivity contribution is -0.384. The molecule has 0 aromatic heterocycles. The third-order valence-electron chi connectivity index (χ3n) is 3.11. The van der Waals surface area contributed by atoms with E-state index in [9.17, 15) is 10.1 Å². The SMILES string of the molecule is CCOc1cccc(CNc2cccc(C)c2[N+](=O)[O-])c1. The van der Waals surface area contributed by atoms with Crippen LogP contribution >= 0.6 is 0 Å². The van der Waals surface area contributed by atoms with Crippen molar-refractivity contribution < 1.29 is 9.66 Å². The van der Waals surface area contributed by atoms with E-state index in [1.54, 1.807) is 25.1 Å². The lowest BCUT2D eigenvalue weighted by atomic mass is 10.1. The number of para-hydroxylation sites is 1. The topological polar surface area (TPSA) is 64.4 Å². The van der Waals surface area contributed by atoms with E-state index in [2.05, 4.69) is 5.32 Å². The summed E-state index contributed by atoms with van der Waals surface area (Å²) in [5.41, 5.74) is 2.31. The van der Waals surface area contributed by atoms with Crippen LogP contribution in [0.15, 0.2) is 42.5 Å². The highest BCUT2D eigenvalue weighted by molar-refractivity contribution is 5.65. The largest absolute Gasteiger partial charge is 0.494 e. The molecule has 0 aliphatic carbocycles. The van der Waals surface area contributed by atoms with E-state index in [1.807, 2.05) is 31.2 Å². The van der Waals surface area contributed by atoms with Crippen LogP contribution in [0.2, 0.25) is 0 Å². The van der Waals surface area contributed by atoms with Crippen LogP contribution in [0.4, 0.5) is 11.4 Å². The molecule has 0 aliphatic rings. The molecule has 5 heteroatoms. The fourth-order valence-corrected chi connectivity index (χ4v) is 2.15. The van der Waals surface area contributed by atoms with Gasteiger partial charge in [0.2, 0.25) is 0 Å². The van der Waals surface area contributed by atoms with Gasteiger partial charge in [-0.15, -0.1) is 0 Å². The maximum atomic E-state index is 11.1. The van der Waals surface area contributed by atoms with Crippen LogP contribution in [0.25, 0.3) is 0 Å². The summed E-state index contributed by atoms with van der Waals surface area (Å²) < 4.78 is 5.44. The molecule has 2 aromatic rings. The summed E-state index contributed by atoms with van der Waals surface area (Å²) in [6.45, 7) is 4.78. The van der Waals surface area contributed by atoms with Gasteiger partial charge in [-0.1, -0.05) is 24.3 Å². The summed E-state index contributed by atoms with van der Waals surface area (Å²) in [5, 5.41) is 14.3. The number of hydrogen-bond donors (Lipinski definition) is 1. The number of anilines is 1. The van der Waals surface area contributed by atoms with E-state index >= 15 is 0 Å². The first-order chi connectivity index (χ1) is 10.1. The molecule has 110 valence electrons. The van der Waals surface area contributed by atoms with E-state index in [0.717, 1.165) is 11.3 Å². The van der Waals surface area contributed by atoms with Gasteiger partial charge in [0.25, 0.3) is 5.69 Å². The van der Waals surface area contributed by atoms with Crippen molar-refractivity contribution in [1.29, 1.82) is 0 Å². The first-order valence-corrected chi connectivity index (χ1v) is 6.81. The highest BCUT2D eigenvalue weighted by atomic mass is 16.6. The summed E-state index contributed by atoms with van der Waals surface area (Å²) in [7, 11) is 0. The second kappa shape index (κ2) is 6.74. The predicted octanol–water partition coefficient (Wildman–Crippen LogP) is 3.91. The molecule has 0 radical (unpaired) electrons. The van der Waals surface area contributed by atoms with Gasteiger partial charge >= 0.3 is 0 Å². The normalized spacial score (nSPS) is 10.2. The minimum atomic E-state index is -0.353. The molecule has 0 saturated carbocycles. The third kappa shape index (κ3) is 3.72. The zero-order valence-electron chi connectivity index (χ0n) is 12.1. The maximum Gasteiger partial charge on any atom is 0.295 e. The van der Waals surface area contributed by atoms with Crippen molar-refractivity contribution in [2.45, 2.75) is 20.4 Å². The fraction of sp³-hybridized carbons (Fsp3) is 0.250. The van der Waals surface area contributed by atoms with E-state index in [1.165, 1.54) is 0 Å². The number of hydrogen-bond acceptors (Lipinski definition) is 4. The molecule has 21 heavy (non-hydrogen) atoms. The van der Waals surface area contributed by atoms with Crippen LogP contribution in [-0.4, -0.2) is 11.5 Å². The number of benzene rings is 2. The van der Waals surface area contributed by atoms with Crippen LogP contribution < -0.4 is 10.1 Å². The molecule has 2 aromatic carbocycles. The first-order valence-electron chi connectivity index (χ1n) is 6.81. The Morgan fingerprint density at radius 2 is 2.00 bits per heavy atom. The number of nitrogens with one attached hydrogen (secondary N) is 1. The minimum Gasteiger partial charge on any atom is -0.494 e. The van der Waals surface area contributed by atoms with Crippen molar-refractivity contribution >= 4 is 11.4 Å². The highest BCUT2D eigenvalue weighted by Gasteiger charge is 2.16. The van der Waals surface area contributed by atoms with Gasteiger partial charge in [0.15, 0.2) is 0 Å². The smallest absolute Gasteiger partial charge is 0.295 e. The highest BCUT2D eigenvalue weighted by Crippen LogP contribution is 2.28. The zero-order valence-corrected chi connectivity index (χ0v) is 12.1. The number of nitro benzene ring substituents is 1. The van der Waals surface area contributed by atoms with Crippen LogP contribution in [0, 0.1) is 17.0 Å². The average Bonchev–Trinajstić information content (AvgIpc) is 2.45. The first kappa shape index (κ1) is 14.8. The Kier molecular flexibility index (Phi) is 4.77. The molecule has 0 spiro atoms. The Balaban J connectivity index is 2.15. The Bertz CT molecular complexity index is 641. The molecule has 0 heterocycles. The number of nitro groups is 1. The second-order valence-electron chi connectivity index (χ2n) is 4.66. The second-order valence-corrected chi connectivity index (χ2v) is 4.66. The quantitative estimate of drug-likeness (QED) is 0.646. The van der Waals surface area contributed by atoms with Gasteiger partial charge in [0.1, 0.15) is 11.4 Å². The third-order valence-corrected chi connectivity index (χ3v) is 3.11.